The average molecular weight is 505 g/mol. The van der Waals surface area contributed by atoms with Crippen LogP contribution in [0.1, 0.15) is 16.7 Å². The first-order chi connectivity index (χ1) is 14.5. The van der Waals surface area contributed by atoms with Crippen LogP contribution in [0.2, 0.25) is 15.1 Å². The Kier molecular flexibility index (Phi) is 10.2. The molecule has 3 nitrogen and oxygen atoms in total. The van der Waals surface area contributed by atoms with Gasteiger partial charge in [-0.05, 0) is 60.5 Å². The molecule has 0 unspecified atom stereocenters. The lowest BCUT2D eigenvalue weighted by atomic mass is 10.1. The van der Waals surface area contributed by atoms with Crippen molar-refractivity contribution in [2.45, 2.75) is 19.6 Å². The summed E-state index contributed by atoms with van der Waals surface area (Å²) in [5, 5.41) is 5.01. The Bertz CT molecular complexity index is 997. The fourth-order valence-corrected chi connectivity index (χ4v) is 3.66. The molecule has 31 heavy (non-hydrogen) atoms. The molecule has 0 aliphatic heterocycles. The minimum absolute atomic E-state index is 0. The monoisotopic (exact) mass is 503 g/mol. The van der Waals surface area contributed by atoms with Crippen LogP contribution in [0.4, 0.5) is 4.39 Å². The largest absolute Gasteiger partial charge is 0.493 e. The summed E-state index contributed by atoms with van der Waals surface area (Å²) in [6.45, 7) is 1.43. The molecule has 8 heteroatoms. The summed E-state index contributed by atoms with van der Waals surface area (Å²) in [7, 11) is 1.57. The molecule has 0 aromatic heterocycles. The van der Waals surface area contributed by atoms with E-state index in [9.17, 15) is 4.39 Å². The molecular formula is C23H22Cl4FNO2. The molecule has 0 saturated heterocycles. The smallest absolute Gasteiger partial charge is 0.161 e. The van der Waals surface area contributed by atoms with Crippen molar-refractivity contribution >= 4 is 47.2 Å². The maximum Gasteiger partial charge on any atom is 0.161 e. The number of halogens is 5. The lowest BCUT2D eigenvalue weighted by molar-refractivity contribution is 0.279. The summed E-state index contributed by atoms with van der Waals surface area (Å²) < 4.78 is 25.1. The fourth-order valence-electron chi connectivity index (χ4n) is 2.94. The molecule has 0 bridgehead atoms. The fraction of sp³-hybridized carbons (Fsp3) is 0.217. The van der Waals surface area contributed by atoms with E-state index in [0.717, 1.165) is 24.1 Å². The summed E-state index contributed by atoms with van der Waals surface area (Å²) in [6, 6.07) is 15.7. The van der Waals surface area contributed by atoms with Gasteiger partial charge in [0.25, 0.3) is 0 Å². The van der Waals surface area contributed by atoms with Crippen molar-refractivity contribution in [2.75, 3.05) is 13.7 Å². The first kappa shape index (κ1) is 25.6. The molecule has 3 aromatic rings. The Balaban J connectivity index is 0.00000341. The minimum Gasteiger partial charge on any atom is -0.493 e. The molecular weight excluding hydrogens is 483 g/mol. The molecule has 3 rings (SSSR count). The number of hydrogen-bond acceptors (Lipinski definition) is 3. The van der Waals surface area contributed by atoms with E-state index in [0.29, 0.717) is 38.7 Å². The van der Waals surface area contributed by atoms with Crippen molar-refractivity contribution in [3.05, 3.63) is 92.2 Å². The quantitative estimate of drug-likeness (QED) is 0.314. The van der Waals surface area contributed by atoms with Crippen LogP contribution in [0.15, 0.2) is 54.6 Å². The van der Waals surface area contributed by atoms with E-state index in [-0.39, 0.29) is 19.0 Å². The van der Waals surface area contributed by atoms with Gasteiger partial charge in [0.15, 0.2) is 11.5 Å². The number of ether oxygens (including phenoxy) is 2. The van der Waals surface area contributed by atoms with Gasteiger partial charge in [-0.3, -0.25) is 0 Å². The van der Waals surface area contributed by atoms with Crippen LogP contribution in [0.3, 0.4) is 0 Å². The van der Waals surface area contributed by atoms with Crippen molar-refractivity contribution in [1.29, 1.82) is 0 Å². The second kappa shape index (κ2) is 12.4. The number of nitrogens with one attached hydrogen (secondary N) is 1. The van der Waals surface area contributed by atoms with Gasteiger partial charge in [-0.15, -0.1) is 12.4 Å². The van der Waals surface area contributed by atoms with Crippen LogP contribution in [0, 0.1) is 5.82 Å². The van der Waals surface area contributed by atoms with Crippen LogP contribution < -0.4 is 14.8 Å². The molecule has 0 aliphatic rings. The minimum atomic E-state index is -0.400. The molecule has 0 heterocycles. The Morgan fingerprint density at radius 2 is 1.74 bits per heavy atom. The predicted octanol–water partition coefficient (Wildman–Crippen LogP) is 7.13. The predicted molar refractivity (Wildman–Crippen MR) is 128 cm³/mol. The summed E-state index contributed by atoms with van der Waals surface area (Å²) in [5.41, 5.74) is 2.39. The molecule has 0 radical (unpaired) electrons. The average Bonchev–Trinajstić information content (AvgIpc) is 2.72. The molecule has 1 N–H and O–H groups in total. The zero-order valence-corrected chi connectivity index (χ0v) is 19.8. The molecule has 0 aliphatic carbocycles. The van der Waals surface area contributed by atoms with Gasteiger partial charge in [-0.25, -0.2) is 4.39 Å². The van der Waals surface area contributed by atoms with E-state index in [4.69, 9.17) is 44.3 Å². The normalized spacial score (nSPS) is 10.5. The highest BCUT2D eigenvalue weighted by atomic mass is 35.5. The third-order valence-electron chi connectivity index (χ3n) is 4.58. The van der Waals surface area contributed by atoms with Gasteiger partial charge in [0, 0.05) is 22.2 Å². The first-order valence-corrected chi connectivity index (χ1v) is 10.5. The van der Waals surface area contributed by atoms with Crippen LogP contribution in [-0.2, 0) is 19.6 Å². The zero-order valence-electron chi connectivity index (χ0n) is 16.8. The third-order valence-corrected chi connectivity index (χ3v) is 5.52. The number of hydrogen-bond donors (Lipinski definition) is 1. The first-order valence-electron chi connectivity index (χ1n) is 9.35. The molecule has 166 valence electrons. The number of rotatable bonds is 9. The molecule has 0 amide bonds. The molecule has 0 spiro atoms. The van der Waals surface area contributed by atoms with Gasteiger partial charge >= 0.3 is 0 Å². The van der Waals surface area contributed by atoms with Gasteiger partial charge in [0.1, 0.15) is 12.4 Å². The summed E-state index contributed by atoms with van der Waals surface area (Å²) in [4.78, 5) is 0. The maximum absolute atomic E-state index is 13.9. The summed E-state index contributed by atoms with van der Waals surface area (Å²) >= 11 is 18.2. The van der Waals surface area contributed by atoms with Gasteiger partial charge in [-0.2, -0.15) is 0 Å². The van der Waals surface area contributed by atoms with Crippen molar-refractivity contribution < 1.29 is 13.9 Å². The van der Waals surface area contributed by atoms with Crippen LogP contribution in [0.25, 0.3) is 0 Å². The lowest BCUT2D eigenvalue weighted by Gasteiger charge is -2.14. The Morgan fingerprint density at radius 1 is 0.935 bits per heavy atom. The Labute approximate surface area is 202 Å². The lowest BCUT2D eigenvalue weighted by Crippen LogP contribution is -2.17. The third kappa shape index (κ3) is 7.16. The highest BCUT2D eigenvalue weighted by Gasteiger charge is 2.11. The van der Waals surface area contributed by atoms with Crippen LogP contribution >= 0.6 is 47.2 Å². The molecule has 0 saturated carbocycles. The van der Waals surface area contributed by atoms with Gasteiger partial charge in [0.2, 0.25) is 0 Å². The van der Waals surface area contributed by atoms with E-state index in [1.165, 1.54) is 6.07 Å². The maximum atomic E-state index is 13.9. The Hall–Kier alpha value is -1.69. The number of benzene rings is 3. The topological polar surface area (TPSA) is 30.5 Å². The Morgan fingerprint density at radius 3 is 2.45 bits per heavy atom. The summed E-state index contributed by atoms with van der Waals surface area (Å²) in [5.74, 6) is 0.694. The molecule has 0 fully saturated rings. The van der Waals surface area contributed by atoms with Gasteiger partial charge in [-0.1, -0.05) is 53.0 Å². The van der Waals surface area contributed by atoms with Crippen LogP contribution in [-0.4, -0.2) is 13.7 Å². The van der Waals surface area contributed by atoms with E-state index in [1.807, 2.05) is 24.3 Å². The second-order valence-corrected chi connectivity index (χ2v) is 7.89. The van der Waals surface area contributed by atoms with E-state index in [2.05, 4.69) is 5.32 Å². The SMILES string of the molecule is COc1cc(CNCCc2ccc(Cl)cc2Cl)ccc1OCc1c(F)cccc1Cl.Cl. The zero-order chi connectivity index (χ0) is 21.5. The second-order valence-electron chi connectivity index (χ2n) is 6.64. The van der Waals surface area contributed by atoms with E-state index in [1.54, 1.807) is 31.4 Å². The standard InChI is InChI=1S/C23H21Cl3FNO2.ClH/c1-29-23-11-15(13-28-10-9-16-6-7-17(24)12-20(16)26)5-8-22(23)30-14-18-19(25)3-2-4-21(18)27;/h2-8,11-12,28H,9-10,13-14H2,1H3;1H. The van der Waals surface area contributed by atoms with Crippen molar-refractivity contribution in [2.24, 2.45) is 0 Å². The van der Waals surface area contributed by atoms with Crippen molar-refractivity contribution in [3.8, 4) is 11.5 Å². The van der Waals surface area contributed by atoms with Gasteiger partial charge < -0.3 is 14.8 Å². The van der Waals surface area contributed by atoms with Crippen molar-refractivity contribution in [1.82, 2.24) is 5.32 Å². The number of methoxy groups -OCH3 is 1. The molecule has 0 atom stereocenters. The highest BCUT2D eigenvalue weighted by molar-refractivity contribution is 6.35. The van der Waals surface area contributed by atoms with Gasteiger partial charge in [0.05, 0.1) is 12.1 Å². The van der Waals surface area contributed by atoms with Crippen LogP contribution in [0.5, 0.6) is 11.5 Å². The highest BCUT2D eigenvalue weighted by Crippen LogP contribution is 2.30. The van der Waals surface area contributed by atoms with E-state index >= 15 is 0 Å². The summed E-state index contributed by atoms with van der Waals surface area (Å²) in [6.07, 6.45) is 0.789. The van der Waals surface area contributed by atoms with E-state index < -0.39 is 5.82 Å². The van der Waals surface area contributed by atoms with Crippen molar-refractivity contribution in [3.63, 3.8) is 0 Å². The molecule has 3 aromatic carbocycles.